The summed E-state index contributed by atoms with van der Waals surface area (Å²) in [6.45, 7) is 2.12. The second kappa shape index (κ2) is 11.3. The zero-order chi connectivity index (χ0) is 24.7. The minimum absolute atomic E-state index is 0.0144. The Morgan fingerprint density at radius 3 is 2.24 bits per heavy atom. The summed E-state index contributed by atoms with van der Waals surface area (Å²) in [7, 11) is 4.40. The standard InChI is InChI=1S/C24H28N2O8/c1-5-33-18-8-6-17(7-9-18)26-13-15(10-22(26)28)24(29)34-14-21(27)25-16-11-19(30-2)23(32-4)20(12-16)31-3/h6-9,11-12,15H,5,10,13-14H2,1-4H3,(H,25,27). The Hall–Kier alpha value is -3.95. The fourth-order valence-corrected chi connectivity index (χ4v) is 3.61. The van der Waals surface area contributed by atoms with E-state index in [4.69, 9.17) is 23.7 Å². The average Bonchev–Trinajstić information content (AvgIpc) is 3.24. The van der Waals surface area contributed by atoms with Gasteiger partial charge >= 0.3 is 5.97 Å². The molecule has 1 fully saturated rings. The van der Waals surface area contributed by atoms with Gasteiger partial charge in [-0.25, -0.2) is 0 Å². The zero-order valence-corrected chi connectivity index (χ0v) is 19.6. The summed E-state index contributed by atoms with van der Waals surface area (Å²) in [6.07, 6.45) is 0.0144. The van der Waals surface area contributed by atoms with Crippen molar-refractivity contribution in [2.24, 2.45) is 5.92 Å². The minimum Gasteiger partial charge on any atom is -0.494 e. The lowest BCUT2D eigenvalue weighted by Crippen LogP contribution is -2.28. The van der Waals surface area contributed by atoms with Gasteiger partial charge in [0.15, 0.2) is 18.1 Å². The molecule has 0 aliphatic carbocycles. The van der Waals surface area contributed by atoms with Crippen LogP contribution < -0.4 is 29.2 Å². The number of esters is 1. The van der Waals surface area contributed by atoms with Crippen LogP contribution in [0, 0.1) is 5.92 Å². The summed E-state index contributed by atoms with van der Waals surface area (Å²) in [5, 5.41) is 2.63. The van der Waals surface area contributed by atoms with Gasteiger partial charge < -0.3 is 33.9 Å². The molecule has 1 aliphatic rings. The lowest BCUT2D eigenvalue weighted by atomic mass is 10.1. The highest BCUT2D eigenvalue weighted by atomic mass is 16.5. The van der Waals surface area contributed by atoms with E-state index in [0.29, 0.717) is 41.0 Å². The summed E-state index contributed by atoms with van der Waals surface area (Å²) >= 11 is 0. The molecule has 34 heavy (non-hydrogen) atoms. The van der Waals surface area contributed by atoms with Crippen LogP contribution in [0.4, 0.5) is 11.4 Å². The molecule has 3 rings (SSSR count). The molecule has 2 aromatic carbocycles. The van der Waals surface area contributed by atoms with E-state index in [1.165, 1.54) is 26.2 Å². The van der Waals surface area contributed by atoms with Crippen LogP contribution in [0.25, 0.3) is 0 Å². The van der Waals surface area contributed by atoms with Crippen LogP contribution >= 0.6 is 0 Å². The fourth-order valence-electron chi connectivity index (χ4n) is 3.61. The van der Waals surface area contributed by atoms with Crippen LogP contribution in [0.5, 0.6) is 23.0 Å². The third-order valence-corrected chi connectivity index (χ3v) is 5.21. The van der Waals surface area contributed by atoms with Crippen LogP contribution in [-0.2, 0) is 19.1 Å². The predicted molar refractivity (Wildman–Crippen MR) is 124 cm³/mol. The van der Waals surface area contributed by atoms with Crippen LogP contribution in [0.3, 0.4) is 0 Å². The Bertz CT molecular complexity index is 1010. The minimum atomic E-state index is -0.659. The van der Waals surface area contributed by atoms with Gasteiger partial charge in [0.25, 0.3) is 5.91 Å². The molecular weight excluding hydrogens is 444 g/mol. The van der Waals surface area contributed by atoms with Crippen molar-refractivity contribution in [2.45, 2.75) is 13.3 Å². The molecule has 0 spiro atoms. The van der Waals surface area contributed by atoms with Crippen molar-refractivity contribution in [1.29, 1.82) is 0 Å². The molecule has 1 aliphatic heterocycles. The Morgan fingerprint density at radius 1 is 1.03 bits per heavy atom. The normalized spacial score (nSPS) is 15.0. The third kappa shape index (κ3) is 5.69. The van der Waals surface area contributed by atoms with Crippen molar-refractivity contribution in [3.8, 4) is 23.0 Å². The van der Waals surface area contributed by atoms with Crippen molar-refractivity contribution in [2.75, 3.05) is 51.3 Å². The molecule has 1 heterocycles. The molecule has 2 aromatic rings. The molecule has 10 heteroatoms. The van der Waals surface area contributed by atoms with Crippen LogP contribution in [-0.4, -0.2) is 58.9 Å². The zero-order valence-electron chi connectivity index (χ0n) is 19.6. The molecule has 0 radical (unpaired) electrons. The van der Waals surface area contributed by atoms with Crippen molar-refractivity contribution in [3.05, 3.63) is 36.4 Å². The number of methoxy groups -OCH3 is 3. The predicted octanol–water partition coefficient (Wildman–Crippen LogP) is 2.65. The summed E-state index contributed by atoms with van der Waals surface area (Å²) in [5.41, 5.74) is 1.05. The quantitative estimate of drug-likeness (QED) is 0.525. The fraction of sp³-hybridized carbons (Fsp3) is 0.375. The number of hydrogen-bond donors (Lipinski definition) is 1. The highest BCUT2D eigenvalue weighted by Gasteiger charge is 2.36. The van der Waals surface area contributed by atoms with E-state index >= 15 is 0 Å². The van der Waals surface area contributed by atoms with Gasteiger partial charge in [-0.3, -0.25) is 14.4 Å². The van der Waals surface area contributed by atoms with E-state index in [2.05, 4.69) is 5.32 Å². The number of amides is 2. The van der Waals surface area contributed by atoms with E-state index in [9.17, 15) is 14.4 Å². The molecule has 0 bridgehead atoms. The van der Waals surface area contributed by atoms with E-state index < -0.39 is 24.4 Å². The number of carbonyl (C=O) groups is 3. The maximum Gasteiger partial charge on any atom is 0.311 e. The number of hydrogen-bond acceptors (Lipinski definition) is 8. The molecule has 1 atom stereocenters. The molecule has 2 amide bonds. The number of anilines is 2. The van der Waals surface area contributed by atoms with Gasteiger partial charge in [0.05, 0.1) is 33.9 Å². The monoisotopic (exact) mass is 472 g/mol. The summed E-state index contributed by atoms with van der Waals surface area (Å²) in [5.74, 6) is -0.177. The van der Waals surface area contributed by atoms with Crippen LogP contribution in [0.2, 0.25) is 0 Å². The van der Waals surface area contributed by atoms with Crippen LogP contribution in [0.15, 0.2) is 36.4 Å². The Balaban J connectivity index is 1.55. The molecule has 1 N–H and O–H groups in total. The number of rotatable bonds is 10. The number of nitrogens with zero attached hydrogens (tertiary/aromatic N) is 1. The summed E-state index contributed by atoms with van der Waals surface area (Å²) in [4.78, 5) is 38.8. The summed E-state index contributed by atoms with van der Waals surface area (Å²) in [6, 6.07) is 10.2. The van der Waals surface area contributed by atoms with Gasteiger partial charge in [-0.1, -0.05) is 0 Å². The highest BCUT2D eigenvalue weighted by Crippen LogP contribution is 2.39. The first-order chi connectivity index (χ1) is 16.4. The topological polar surface area (TPSA) is 113 Å². The lowest BCUT2D eigenvalue weighted by molar-refractivity contribution is -0.151. The van der Waals surface area contributed by atoms with Gasteiger partial charge in [-0.05, 0) is 31.2 Å². The van der Waals surface area contributed by atoms with Crippen molar-refractivity contribution in [3.63, 3.8) is 0 Å². The largest absolute Gasteiger partial charge is 0.494 e. The molecular formula is C24H28N2O8. The Morgan fingerprint density at radius 2 is 1.68 bits per heavy atom. The molecule has 182 valence electrons. The van der Waals surface area contributed by atoms with Crippen molar-refractivity contribution in [1.82, 2.24) is 0 Å². The number of nitrogens with one attached hydrogen (secondary N) is 1. The second-order valence-electron chi connectivity index (χ2n) is 7.40. The number of benzene rings is 2. The molecule has 1 unspecified atom stereocenters. The van der Waals surface area contributed by atoms with Crippen molar-refractivity contribution >= 4 is 29.2 Å². The lowest BCUT2D eigenvalue weighted by Gasteiger charge is -2.17. The van der Waals surface area contributed by atoms with Gasteiger partial charge in [0.2, 0.25) is 11.7 Å². The molecule has 1 saturated heterocycles. The highest BCUT2D eigenvalue weighted by molar-refractivity contribution is 6.00. The first kappa shape index (κ1) is 24.7. The molecule has 0 aromatic heterocycles. The van der Waals surface area contributed by atoms with Gasteiger partial charge in [0, 0.05) is 36.5 Å². The molecule has 10 nitrogen and oxygen atoms in total. The van der Waals surface area contributed by atoms with Gasteiger partial charge in [0.1, 0.15) is 5.75 Å². The third-order valence-electron chi connectivity index (χ3n) is 5.21. The summed E-state index contributed by atoms with van der Waals surface area (Å²) < 4.78 is 26.3. The van der Waals surface area contributed by atoms with E-state index in [1.807, 2.05) is 6.92 Å². The number of carbonyl (C=O) groups excluding carboxylic acids is 3. The average molecular weight is 472 g/mol. The first-order valence-corrected chi connectivity index (χ1v) is 10.7. The van der Waals surface area contributed by atoms with Crippen LogP contribution in [0.1, 0.15) is 13.3 Å². The van der Waals surface area contributed by atoms with Gasteiger partial charge in [-0.15, -0.1) is 0 Å². The van der Waals surface area contributed by atoms with E-state index in [-0.39, 0.29) is 18.9 Å². The SMILES string of the molecule is CCOc1ccc(N2CC(C(=O)OCC(=O)Nc3cc(OC)c(OC)c(OC)c3)CC2=O)cc1. The maximum absolute atomic E-state index is 12.5. The maximum atomic E-state index is 12.5. The van der Waals surface area contributed by atoms with E-state index in [1.54, 1.807) is 36.4 Å². The Kier molecular flexibility index (Phi) is 8.18. The number of ether oxygens (including phenoxy) is 5. The first-order valence-electron chi connectivity index (χ1n) is 10.7. The van der Waals surface area contributed by atoms with E-state index in [0.717, 1.165) is 0 Å². The van der Waals surface area contributed by atoms with Crippen molar-refractivity contribution < 1.29 is 38.1 Å². The Labute approximate surface area is 197 Å². The smallest absolute Gasteiger partial charge is 0.311 e. The van der Waals surface area contributed by atoms with Gasteiger partial charge in [-0.2, -0.15) is 0 Å². The molecule has 0 saturated carbocycles. The second-order valence-corrected chi connectivity index (χ2v) is 7.40.